The Bertz CT molecular complexity index is 1370. The van der Waals surface area contributed by atoms with Crippen LogP contribution in [0.3, 0.4) is 0 Å². The minimum atomic E-state index is -1.09. The highest BCUT2D eigenvalue weighted by Gasteiger charge is 2.20. The number of aromatic nitrogens is 2. The fraction of sp³-hybridized carbons (Fsp3) is 0.160. The molecule has 0 bridgehead atoms. The molecule has 0 aliphatic rings. The van der Waals surface area contributed by atoms with E-state index in [9.17, 15) is 9.90 Å². The Balaban J connectivity index is 1.72. The number of thiazole rings is 1. The summed E-state index contributed by atoms with van der Waals surface area (Å²) < 4.78 is 5.27. The van der Waals surface area contributed by atoms with Gasteiger partial charge >= 0.3 is 5.97 Å². The zero-order valence-corrected chi connectivity index (χ0v) is 20.9. The number of pyridine rings is 1. The van der Waals surface area contributed by atoms with Crippen molar-refractivity contribution in [1.82, 2.24) is 9.97 Å². The topological polar surface area (TPSA) is 84.3 Å². The zero-order valence-electron chi connectivity index (χ0n) is 18.6. The van der Waals surface area contributed by atoms with Crippen LogP contribution in [-0.4, -0.2) is 28.2 Å². The van der Waals surface area contributed by atoms with Gasteiger partial charge in [-0.05, 0) is 41.8 Å². The van der Waals surface area contributed by atoms with E-state index >= 15 is 0 Å². The molecular formula is C25H21Cl2N3O3S. The zero-order chi connectivity index (χ0) is 24.4. The molecule has 2 aromatic carbocycles. The highest BCUT2D eigenvalue weighted by molar-refractivity contribution is 7.16. The van der Waals surface area contributed by atoms with E-state index in [2.05, 4.69) is 24.1 Å². The van der Waals surface area contributed by atoms with Crippen molar-refractivity contribution in [3.8, 4) is 28.1 Å². The number of nitrogens with zero attached hydrogens (tertiary/aromatic N) is 2. The van der Waals surface area contributed by atoms with Gasteiger partial charge in [-0.2, -0.15) is 0 Å². The first-order valence-electron chi connectivity index (χ1n) is 10.4. The number of rotatable bonds is 7. The lowest BCUT2D eigenvalue weighted by atomic mass is 10.1. The molecule has 6 nitrogen and oxygen atoms in total. The predicted molar refractivity (Wildman–Crippen MR) is 138 cm³/mol. The van der Waals surface area contributed by atoms with Crippen LogP contribution < -0.4 is 10.1 Å². The van der Waals surface area contributed by atoms with Gasteiger partial charge in [-0.1, -0.05) is 55.2 Å². The molecule has 0 amide bonds. The number of anilines is 2. The van der Waals surface area contributed by atoms with E-state index in [0.717, 1.165) is 21.7 Å². The molecule has 0 spiro atoms. The molecule has 34 heavy (non-hydrogen) atoms. The summed E-state index contributed by atoms with van der Waals surface area (Å²) >= 11 is 13.7. The Labute approximate surface area is 211 Å². The second-order valence-electron chi connectivity index (χ2n) is 7.80. The van der Waals surface area contributed by atoms with Gasteiger partial charge in [-0.3, -0.25) is 0 Å². The molecule has 0 saturated heterocycles. The van der Waals surface area contributed by atoms with Crippen LogP contribution in [0.2, 0.25) is 10.0 Å². The number of aromatic carboxylic acids is 1. The fourth-order valence-corrected chi connectivity index (χ4v) is 4.70. The molecule has 0 aliphatic heterocycles. The Morgan fingerprint density at radius 2 is 1.85 bits per heavy atom. The summed E-state index contributed by atoms with van der Waals surface area (Å²) in [6.45, 7) is 4.14. The van der Waals surface area contributed by atoms with Crippen molar-refractivity contribution in [2.75, 3.05) is 12.4 Å². The van der Waals surface area contributed by atoms with Crippen LogP contribution in [0.4, 0.5) is 10.9 Å². The number of halogens is 2. The fourth-order valence-electron chi connectivity index (χ4n) is 3.42. The van der Waals surface area contributed by atoms with Gasteiger partial charge in [0.1, 0.15) is 17.1 Å². The lowest BCUT2D eigenvalue weighted by Crippen LogP contribution is -2.05. The Kier molecular flexibility index (Phi) is 7.07. The molecule has 0 unspecified atom stereocenters. The maximum absolute atomic E-state index is 12.0. The van der Waals surface area contributed by atoms with E-state index in [-0.39, 0.29) is 17.3 Å². The first-order valence-corrected chi connectivity index (χ1v) is 11.9. The van der Waals surface area contributed by atoms with Crippen molar-refractivity contribution >= 4 is 51.5 Å². The summed E-state index contributed by atoms with van der Waals surface area (Å²) in [7, 11) is 1.58. The van der Waals surface area contributed by atoms with E-state index in [1.54, 1.807) is 31.5 Å². The molecule has 0 atom stereocenters. The van der Waals surface area contributed by atoms with E-state index in [4.69, 9.17) is 32.9 Å². The highest BCUT2D eigenvalue weighted by atomic mass is 35.5. The smallest absolute Gasteiger partial charge is 0.339 e. The molecule has 0 aliphatic carbocycles. The number of ether oxygens (including phenoxy) is 1. The van der Waals surface area contributed by atoms with Crippen LogP contribution in [0, 0.1) is 0 Å². The van der Waals surface area contributed by atoms with Crippen LogP contribution in [0.1, 0.15) is 35.0 Å². The summed E-state index contributed by atoms with van der Waals surface area (Å²) in [6, 6.07) is 14.3. The van der Waals surface area contributed by atoms with Crippen LogP contribution in [0.5, 0.6) is 5.75 Å². The standard InChI is InChI=1S/C25H21Cl2N3O3S/c1-13(2)22-21(15-7-8-19(26)20(27)11-15)29-25(34-22)30-23-18(24(31)32)10-16(12-28-23)14-5-4-6-17(9-14)33-3/h4-13H,1-3H3,(H,31,32)(H,28,29,30). The van der Waals surface area contributed by atoms with Gasteiger partial charge in [0.25, 0.3) is 0 Å². The molecule has 0 saturated carbocycles. The number of hydrogen-bond acceptors (Lipinski definition) is 6. The summed E-state index contributed by atoms with van der Waals surface area (Å²) in [5.41, 5.74) is 3.12. The lowest BCUT2D eigenvalue weighted by molar-refractivity contribution is 0.0697. The number of benzene rings is 2. The van der Waals surface area contributed by atoms with E-state index < -0.39 is 5.97 Å². The lowest BCUT2D eigenvalue weighted by Gasteiger charge is -2.09. The van der Waals surface area contributed by atoms with Gasteiger partial charge in [0, 0.05) is 22.2 Å². The summed E-state index contributed by atoms with van der Waals surface area (Å²) in [5.74, 6) is -0.00997. The monoisotopic (exact) mass is 513 g/mol. The third kappa shape index (κ3) is 5.01. The maximum Gasteiger partial charge on any atom is 0.339 e. The first kappa shape index (κ1) is 24.0. The minimum absolute atomic E-state index is 0.0395. The number of nitrogens with one attached hydrogen (secondary N) is 1. The van der Waals surface area contributed by atoms with Gasteiger partial charge in [-0.15, -0.1) is 11.3 Å². The van der Waals surface area contributed by atoms with E-state index in [0.29, 0.717) is 26.5 Å². The van der Waals surface area contributed by atoms with Crippen molar-refractivity contribution in [3.63, 3.8) is 0 Å². The number of carboxylic acid groups (broad SMARTS) is 1. The maximum atomic E-state index is 12.0. The Morgan fingerprint density at radius 1 is 1.06 bits per heavy atom. The average molecular weight is 514 g/mol. The van der Waals surface area contributed by atoms with Crippen molar-refractivity contribution in [1.29, 1.82) is 0 Å². The largest absolute Gasteiger partial charge is 0.497 e. The molecular weight excluding hydrogens is 493 g/mol. The van der Waals surface area contributed by atoms with E-state index in [1.165, 1.54) is 11.3 Å². The number of hydrogen-bond donors (Lipinski definition) is 2. The molecule has 4 rings (SSSR count). The highest BCUT2D eigenvalue weighted by Crippen LogP contribution is 2.39. The predicted octanol–water partition coefficient (Wildman–Crippen LogP) is 7.75. The normalized spacial score (nSPS) is 11.0. The van der Waals surface area contributed by atoms with Crippen LogP contribution in [0.25, 0.3) is 22.4 Å². The molecule has 174 valence electrons. The molecule has 0 fully saturated rings. The van der Waals surface area contributed by atoms with Crippen molar-refractivity contribution in [2.45, 2.75) is 19.8 Å². The number of carbonyl (C=O) groups is 1. The first-order chi connectivity index (χ1) is 16.3. The van der Waals surface area contributed by atoms with Gasteiger partial charge in [0.15, 0.2) is 5.13 Å². The van der Waals surface area contributed by atoms with Gasteiger partial charge in [-0.25, -0.2) is 14.8 Å². The van der Waals surface area contributed by atoms with Crippen molar-refractivity contribution in [2.24, 2.45) is 0 Å². The summed E-state index contributed by atoms with van der Waals surface area (Å²) in [4.78, 5) is 22.2. The third-order valence-electron chi connectivity index (χ3n) is 5.12. The number of carboxylic acids is 1. The summed E-state index contributed by atoms with van der Waals surface area (Å²) in [5, 5.41) is 14.4. The SMILES string of the molecule is COc1cccc(-c2cnc(Nc3nc(-c4ccc(Cl)c(Cl)c4)c(C(C)C)s3)c(C(=O)O)c2)c1. The second kappa shape index (κ2) is 10.0. The second-order valence-corrected chi connectivity index (χ2v) is 9.64. The quantitative estimate of drug-likeness (QED) is 0.262. The van der Waals surface area contributed by atoms with Crippen LogP contribution in [-0.2, 0) is 0 Å². The molecule has 2 aromatic heterocycles. The van der Waals surface area contributed by atoms with E-state index in [1.807, 2.05) is 30.3 Å². The average Bonchev–Trinajstić information content (AvgIpc) is 3.25. The molecule has 9 heteroatoms. The van der Waals surface area contributed by atoms with Crippen molar-refractivity contribution < 1.29 is 14.6 Å². The third-order valence-corrected chi connectivity index (χ3v) is 7.13. The van der Waals surface area contributed by atoms with Gasteiger partial charge < -0.3 is 15.2 Å². The molecule has 2 N–H and O–H groups in total. The molecule has 0 radical (unpaired) electrons. The Morgan fingerprint density at radius 3 is 2.53 bits per heavy atom. The van der Waals surface area contributed by atoms with Crippen LogP contribution >= 0.6 is 34.5 Å². The molecule has 2 heterocycles. The summed E-state index contributed by atoms with van der Waals surface area (Å²) in [6.07, 6.45) is 1.63. The van der Waals surface area contributed by atoms with Crippen molar-refractivity contribution in [3.05, 3.63) is 75.2 Å². The Hall–Kier alpha value is -3.13. The molecule has 4 aromatic rings. The van der Waals surface area contributed by atoms with Gasteiger partial charge in [0.2, 0.25) is 0 Å². The van der Waals surface area contributed by atoms with Gasteiger partial charge in [0.05, 0.1) is 22.8 Å². The van der Waals surface area contributed by atoms with Crippen LogP contribution in [0.15, 0.2) is 54.7 Å². The minimum Gasteiger partial charge on any atom is -0.497 e. The number of methoxy groups -OCH3 is 1.